The molecule has 3 rings (SSSR count). The number of carbonyl (C=O) groups excluding carboxylic acids is 1. The number of rotatable bonds is 8. The van der Waals surface area contributed by atoms with Crippen molar-refractivity contribution in [3.63, 3.8) is 0 Å². The third kappa shape index (κ3) is 4.84. The molecule has 0 radical (unpaired) electrons. The molecule has 1 atom stereocenters. The second-order valence-electron chi connectivity index (χ2n) is 5.97. The highest BCUT2D eigenvalue weighted by atomic mass is 16.5. The summed E-state index contributed by atoms with van der Waals surface area (Å²) in [5, 5.41) is 7.07. The molecule has 0 aliphatic rings. The summed E-state index contributed by atoms with van der Waals surface area (Å²) >= 11 is 0. The first-order valence-corrected chi connectivity index (χ1v) is 8.67. The number of carbonyl (C=O) groups is 1. The lowest BCUT2D eigenvalue weighted by Crippen LogP contribution is -2.27. The van der Waals surface area contributed by atoms with Gasteiger partial charge in [0, 0.05) is 0 Å². The zero-order valence-electron chi connectivity index (χ0n) is 15.3. The van der Waals surface area contributed by atoms with Crippen molar-refractivity contribution in [3.05, 3.63) is 66.7 Å². The van der Waals surface area contributed by atoms with E-state index in [1.807, 2.05) is 55.5 Å². The molecule has 0 aliphatic carbocycles. The van der Waals surface area contributed by atoms with E-state index in [-0.39, 0.29) is 25.0 Å². The van der Waals surface area contributed by atoms with Crippen molar-refractivity contribution in [2.24, 2.45) is 0 Å². The molecular formula is C20H22N4O3. The van der Waals surface area contributed by atoms with Crippen LogP contribution in [-0.2, 0) is 4.79 Å². The average molecular weight is 366 g/mol. The second kappa shape index (κ2) is 8.84. The van der Waals surface area contributed by atoms with Crippen molar-refractivity contribution in [1.82, 2.24) is 20.1 Å². The number of nitrogens with zero attached hydrogens (tertiary/aromatic N) is 3. The van der Waals surface area contributed by atoms with E-state index in [0.29, 0.717) is 11.5 Å². The van der Waals surface area contributed by atoms with Crippen LogP contribution in [0.2, 0.25) is 0 Å². The van der Waals surface area contributed by atoms with Crippen LogP contribution in [0.25, 0.3) is 5.69 Å². The third-order valence-corrected chi connectivity index (χ3v) is 4.11. The minimum atomic E-state index is -0.103. The highest BCUT2D eigenvalue weighted by Gasteiger charge is 2.11. The Labute approximate surface area is 158 Å². The molecule has 0 bridgehead atoms. The SMILES string of the molecule is COc1ccccc1OCCC(=O)NC(C)c1ccc(-n2cncn2)cc1. The number of methoxy groups -OCH3 is 1. The van der Waals surface area contributed by atoms with Gasteiger partial charge in [-0.25, -0.2) is 9.67 Å². The topological polar surface area (TPSA) is 78.3 Å². The fourth-order valence-electron chi connectivity index (χ4n) is 2.65. The summed E-state index contributed by atoms with van der Waals surface area (Å²) in [4.78, 5) is 16.1. The number of amides is 1. The van der Waals surface area contributed by atoms with Crippen LogP contribution in [0.4, 0.5) is 0 Å². The maximum absolute atomic E-state index is 12.2. The van der Waals surface area contributed by atoms with E-state index in [2.05, 4.69) is 15.4 Å². The van der Waals surface area contributed by atoms with Gasteiger partial charge >= 0.3 is 0 Å². The Morgan fingerprint density at radius 1 is 1.15 bits per heavy atom. The molecule has 1 heterocycles. The van der Waals surface area contributed by atoms with Crippen molar-refractivity contribution >= 4 is 5.91 Å². The van der Waals surface area contributed by atoms with Gasteiger partial charge in [-0.05, 0) is 36.8 Å². The number of ether oxygens (including phenoxy) is 2. The molecule has 0 spiro atoms. The van der Waals surface area contributed by atoms with E-state index >= 15 is 0 Å². The normalized spacial score (nSPS) is 11.6. The first kappa shape index (κ1) is 18.4. The fraction of sp³-hybridized carbons (Fsp3) is 0.250. The number of nitrogens with one attached hydrogen (secondary N) is 1. The zero-order valence-corrected chi connectivity index (χ0v) is 15.3. The van der Waals surface area contributed by atoms with Gasteiger partial charge in [0.05, 0.1) is 31.9 Å². The molecular weight excluding hydrogens is 344 g/mol. The molecule has 0 saturated carbocycles. The van der Waals surface area contributed by atoms with Gasteiger partial charge < -0.3 is 14.8 Å². The summed E-state index contributed by atoms with van der Waals surface area (Å²) in [5.74, 6) is 1.21. The minimum absolute atomic E-state index is 0.0715. The molecule has 1 aromatic heterocycles. The van der Waals surface area contributed by atoms with Gasteiger partial charge in [-0.2, -0.15) is 5.10 Å². The Kier molecular flexibility index (Phi) is 6.04. The molecule has 1 N–H and O–H groups in total. The fourth-order valence-corrected chi connectivity index (χ4v) is 2.65. The first-order chi connectivity index (χ1) is 13.2. The zero-order chi connectivity index (χ0) is 19.1. The third-order valence-electron chi connectivity index (χ3n) is 4.11. The molecule has 0 fully saturated rings. The summed E-state index contributed by atoms with van der Waals surface area (Å²) in [5.41, 5.74) is 1.93. The molecule has 0 saturated heterocycles. The molecule has 140 valence electrons. The van der Waals surface area contributed by atoms with E-state index in [1.54, 1.807) is 18.1 Å². The molecule has 1 amide bonds. The maximum Gasteiger partial charge on any atom is 0.223 e. The van der Waals surface area contributed by atoms with E-state index in [9.17, 15) is 4.79 Å². The van der Waals surface area contributed by atoms with Gasteiger partial charge in [0.15, 0.2) is 11.5 Å². The second-order valence-corrected chi connectivity index (χ2v) is 5.97. The van der Waals surface area contributed by atoms with Gasteiger partial charge in [0.25, 0.3) is 0 Å². The number of para-hydroxylation sites is 2. The maximum atomic E-state index is 12.2. The Morgan fingerprint density at radius 2 is 1.89 bits per heavy atom. The van der Waals surface area contributed by atoms with Crippen molar-refractivity contribution in [2.45, 2.75) is 19.4 Å². The molecule has 0 aliphatic heterocycles. The smallest absolute Gasteiger partial charge is 0.223 e. The lowest BCUT2D eigenvalue weighted by molar-refractivity contribution is -0.122. The van der Waals surface area contributed by atoms with Crippen LogP contribution in [-0.4, -0.2) is 34.4 Å². The lowest BCUT2D eigenvalue weighted by Gasteiger charge is -2.15. The van der Waals surface area contributed by atoms with Crippen LogP contribution in [0.1, 0.15) is 24.9 Å². The number of hydrogen-bond acceptors (Lipinski definition) is 5. The molecule has 2 aromatic carbocycles. The van der Waals surface area contributed by atoms with E-state index < -0.39 is 0 Å². The van der Waals surface area contributed by atoms with E-state index in [0.717, 1.165) is 11.3 Å². The molecule has 1 unspecified atom stereocenters. The predicted octanol–water partition coefficient (Wildman–Crippen LogP) is 2.92. The van der Waals surface area contributed by atoms with Crippen molar-refractivity contribution < 1.29 is 14.3 Å². The molecule has 7 nitrogen and oxygen atoms in total. The number of hydrogen-bond donors (Lipinski definition) is 1. The van der Waals surface area contributed by atoms with Gasteiger partial charge in [0.2, 0.25) is 5.91 Å². The van der Waals surface area contributed by atoms with Gasteiger partial charge in [-0.15, -0.1) is 0 Å². The van der Waals surface area contributed by atoms with E-state index in [1.165, 1.54) is 6.33 Å². The molecule has 3 aromatic rings. The minimum Gasteiger partial charge on any atom is -0.493 e. The first-order valence-electron chi connectivity index (χ1n) is 8.67. The summed E-state index contributed by atoms with van der Waals surface area (Å²) in [6.07, 6.45) is 3.39. The van der Waals surface area contributed by atoms with Crippen LogP contribution in [0, 0.1) is 0 Å². The highest BCUT2D eigenvalue weighted by Crippen LogP contribution is 2.25. The van der Waals surface area contributed by atoms with Crippen LogP contribution in [0.5, 0.6) is 11.5 Å². The van der Waals surface area contributed by atoms with Crippen LogP contribution < -0.4 is 14.8 Å². The quantitative estimate of drug-likeness (QED) is 0.663. The Hall–Kier alpha value is -3.35. The Bertz CT molecular complexity index is 863. The Morgan fingerprint density at radius 3 is 2.56 bits per heavy atom. The highest BCUT2D eigenvalue weighted by molar-refractivity contribution is 5.76. The largest absolute Gasteiger partial charge is 0.493 e. The van der Waals surface area contributed by atoms with Crippen molar-refractivity contribution in [3.8, 4) is 17.2 Å². The van der Waals surface area contributed by atoms with Gasteiger partial charge in [-0.3, -0.25) is 4.79 Å². The van der Waals surface area contributed by atoms with Crippen molar-refractivity contribution in [1.29, 1.82) is 0 Å². The monoisotopic (exact) mass is 366 g/mol. The van der Waals surface area contributed by atoms with Crippen LogP contribution in [0.15, 0.2) is 61.2 Å². The predicted molar refractivity (Wildman–Crippen MR) is 101 cm³/mol. The van der Waals surface area contributed by atoms with E-state index in [4.69, 9.17) is 9.47 Å². The molecule has 27 heavy (non-hydrogen) atoms. The average Bonchev–Trinajstić information content (AvgIpc) is 3.23. The van der Waals surface area contributed by atoms with Crippen molar-refractivity contribution in [2.75, 3.05) is 13.7 Å². The van der Waals surface area contributed by atoms with Crippen LogP contribution in [0.3, 0.4) is 0 Å². The van der Waals surface area contributed by atoms with Crippen LogP contribution >= 0.6 is 0 Å². The summed E-state index contributed by atoms with van der Waals surface area (Å²) in [6.45, 7) is 2.23. The van der Waals surface area contributed by atoms with Gasteiger partial charge in [0.1, 0.15) is 12.7 Å². The summed E-state index contributed by atoms with van der Waals surface area (Å²) in [7, 11) is 1.59. The summed E-state index contributed by atoms with van der Waals surface area (Å²) in [6, 6.07) is 15.1. The molecule has 7 heteroatoms. The standard InChI is InChI=1S/C20H22N4O3/c1-15(16-7-9-17(10-8-16)24-14-21-13-22-24)23-20(25)11-12-27-19-6-4-3-5-18(19)26-2/h3-10,13-15H,11-12H2,1-2H3,(H,23,25). The number of benzene rings is 2. The Balaban J connectivity index is 1.48. The lowest BCUT2D eigenvalue weighted by atomic mass is 10.1. The van der Waals surface area contributed by atoms with Gasteiger partial charge in [-0.1, -0.05) is 24.3 Å². The number of aromatic nitrogens is 3. The summed E-state index contributed by atoms with van der Waals surface area (Å²) < 4.78 is 12.6.